The molecule has 0 radical (unpaired) electrons. The molecule has 0 aliphatic carbocycles. The van der Waals surface area contributed by atoms with Crippen molar-refractivity contribution in [2.75, 3.05) is 13.2 Å². The van der Waals surface area contributed by atoms with Gasteiger partial charge in [0, 0.05) is 23.7 Å². The molecule has 0 atom stereocenters. The van der Waals surface area contributed by atoms with Crippen molar-refractivity contribution in [1.82, 2.24) is 4.90 Å². The van der Waals surface area contributed by atoms with Crippen molar-refractivity contribution in [1.29, 1.82) is 5.41 Å². The standard InChI is InChI=1S/C25H35N3O4.ClH/c1-17(2)28(18(3)4)25(30)22-13-12-21(16-23(22)29)32-15-7-5-6-14-31-20-10-8-19(9-11-20)24(26)27;/h8-13,16-18,29H,5-7,14-15H2,1-4H3,(H3,26,27);1H. The van der Waals surface area contributed by atoms with Crippen LogP contribution in [0.2, 0.25) is 0 Å². The van der Waals surface area contributed by atoms with Crippen molar-refractivity contribution in [2.45, 2.75) is 59.0 Å². The Hall–Kier alpha value is -2.93. The molecule has 33 heavy (non-hydrogen) atoms. The summed E-state index contributed by atoms with van der Waals surface area (Å²) in [7, 11) is 0. The second kappa shape index (κ2) is 13.6. The molecule has 0 spiro atoms. The molecule has 0 aromatic heterocycles. The van der Waals surface area contributed by atoms with Gasteiger partial charge < -0.3 is 25.2 Å². The molecule has 0 aliphatic heterocycles. The Morgan fingerprint density at radius 1 is 0.939 bits per heavy atom. The number of aromatic hydroxyl groups is 1. The number of phenols is 1. The number of benzene rings is 2. The van der Waals surface area contributed by atoms with E-state index in [9.17, 15) is 9.90 Å². The fraction of sp³-hybridized carbons (Fsp3) is 0.440. The normalized spacial score (nSPS) is 10.6. The first-order valence-electron chi connectivity index (χ1n) is 11.1. The first-order valence-corrected chi connectivity index (χ1v) is 11.1. The van der Waals surface area contributed by atoms with Crippen LogP contribution in [-0.4, -0.2) is 47.0 Å². The Morgan fingerprint density at radius 3 is 1.94 bits per heavy atom. The maximum Gasteiger partial charge on any atom is 0.258 e. The van der Waals surface area contributed by atoms with Crippen molar-refractivity contribution in [3.8, 4) is 17.2 Å². The summed E-state index contributed by atoms with van der Waals surface area (Å²) >= 11 is 0. The summed E-state index contributed by atoms with van der Waals surface area (Å²) in [5.74, 6) is 1.09. The number of ether oxygens (including phenoxy) is 2. The van der Waals surface area contributed by atoms with E-state index < -0.39 is 0 Å². The topological polar surface area (TPSA) is 109 Å². The van der Waals surface area contributed by atoms with Crippen molar-refractivity contribution in [3.63, 3.8) is 0 Å². The Bertz CT molecular complexity index is 893. The molecule has 0 bridgehead atoms. The summed E-state index contributed by atoms with van der Waals surface area (Å²) in [6.07, 6.45) is 2.67. The molecule has 7 nitrogen and oxygen atoms in total. The average molecular weight is 478 g/mol. The number of nitrogen functional groups attached to an aromatic ring is 1. The summed E-state index contributed by atoms with van der Waals surface area (Å²) in [5, 5.41) is 17.7. The molecule has 0 saturated carbocycles. The van der Waals surface area contributed by atoms with Gasteiger partial charge in [0.15, 0.2) is 0 Å². The highest BCUT2D eigenvalue weighted by Crippen LogP contribution is 2.26. The van der Waals surface area contributed by atoms with E-state index >= 15 is 0 Å². The van der Waals surface area contributed by atoms with Crippen LogP contribution in [0.25, 0.3) is 0 Å². The van der Waals surface area contributed by atoms with Gasteiger partial charge in [-0.2, -0.15) is 0 Å². The van der Waals surface area contributed by atoms with Gasteiger partial charge in [0.1, 0.15) is 23.1 Å². The van der Waals surface area contributed by atoms with Crippen LogP contribution >= 0.6 is 12.4 Å². The van der Waals surface area contributed by atoms with E-state index in [0.717, 1.165) is 25.0 Å². The summed E-state index contributed by atoms with van der Waals surface area (Å²) in [6, 6.07) is 12.1. The zero-order chi connectivity index (χ0) is 23.7. The van der Waals surface area contributed by atoms with Crippen LogP contribution in [-0.2, 0) is 0 Å². The SMILES string of the molecule is CC(C)N(C(=O)c1ccc(OCCCCCOc2ccc(C(=N)N)cc2)cc1O)C(C)C.Cl. The number of carbonyl (C=O) groups is 1. The Labute approximate surface area is 202 Å². The number of amides is 1. The summed E-state index contributed by atoms with van der Waals surface area (Å²) < 4.78 is 11.4. The van der Waals surface area contributed by atoms with E-state index in [1.54, 1.807) is 29.2 Å². The number of hydrogen-bond donors (Lipinski definition) is 3. The summed E-state index contributed by atoms with van der Waals surface area (Å²) in [4.78, 5) is 14.5. The number of unbranched alkanes of at least 4 members (excludes halogenated alkanes) is 2. The predicted molar refractivity (Wildman–Crippen MR) is 134 cm³/mol. The molecule has 8 heteroatoms. The highest BCUT2D eigenvalue weighted by molar-refractivity contribution is 5.97. The molecular weight excluding hydrogens is 442 g/mol. The van der Waals surface area contributed by atoms with Crippen molar-refractivity contribution >= 4 is 24.1 Å². The molecule has 0 aliphatic rings. The van der Waals surface area contributed by atoms with Crippen molar-refractivity contribution in [3.05, 3.63) is 53.6 Å². The van der Waals surface area contributed by atoms with Gasteiger partial charge in [-0.25, -0.2) is 0 Å². The average Bonchev–Trinajstić information content (AvgIpc) is 2.72. The number of hydrogen-bond acceptors (Lipinski definition) is 5. The van der Waals surface area contributed by atoms with Crippen molar-refractivity contribution in [2.24, 2.45) is 5.73 Å². The minimum absolute atomic E-state index is 0. The smallest absolute Gasteiger partial charge is 0.258 e. The maximum atomic E-state index is 12.8. The first kappa shape index (κ1) is 28.1. The molecule has 2 aromatic rings. The third-order valence-electron chi connectivity index (χ3n) is 5.04. The number of nitrogens with zero attached hydrogens (tertiary/aromatic N) is 1. The number of phenolic OH excluding ortho intramolecular Hbond substituents is 1. The lowest BCUT2D eigenvalue weighted by molar-refractivity contribution is 0.0640. The van der Waals surface area contributed by atoms with E-state index in [2.05, 4.69) is 0 Å². The van der Waals surface area contributed by atoms with Gasteiger partial charge in [0.25, 0.3) is 5.91 Å². The van der Waals surface area contributed by atoms with Gasteiger partial charge >= 0.3 is 0 Å². The molecule has 0 fully saturated rings. The number of nitrogens with one attached hydrogen (secondary N) is 1. The monoisotopic (exact) mass is 477 g/mol. The molecule has 2 aromatic carbocycles. The van der Waals surface area contributed by atoms with E-state index in [1.165, 1.54) is 6.07 Å². The van der Waals surface area contributed by atoms with Gasteiger partial charge in [-0.1, -0.05) is 0 Å². The Kier molecular flexibility index (Phi) is 11.6. The lowest BCUT2D eigenvalue weighted by atomic mass is 10.1. The largest absolute Gasteiger partial charge is 0.507 e. The van der Waals surface area contributed by atoms with Crippen LogP contribution in [0.4, 0.5) is 0 Å². The molecule has 4 N–H and O–H groups in total. The third kappa shape index (κ3) is 8.50. The van der Waals surface area contributed by atoms with Gasteiger partial charge in [-0.05, 0) is 83.4 Å². The van der Waals surface area contributed by atoms with Gasteiger partial charge in [0.05, 0.1) is 18.8 Å². The maximum absolute atomic E-state index is 12.8. The molecule has 1 amide bonds. The molecular formula is C25H36ClN3O4. The molecule has 2 rings (SSSR count). The third-order valence-corrected chi connectivity index (χ3v) is 5.04. The second-order valence-corrected chi connectivity index (χ2v) is 8.27. The van der Waals surface area contributed by atoms with Crippen LogP contribution in [0.5, 0.6) is 17.2 Å². The second-order valence-electron chi connectivity index (χ2n) is 8.27. The first-order chi connectivity index (χ1) is 15.2. The van der Waals surface area contributed by atoms with Gasteiger partial charge in [0.2, 0.25) is 0 Å². The minimum Gasteiger partial charge on any atom is -0.507 e. The van der Waals surface area contributed by atoms with Crippen LogP contribution in [0.1, 0.15) is 62.9 Å². The number of nitrogens with two attached hydrogens (primary N) is 1. The summed E-state index contributed by atoms with van der Waals surface area (Å²) in [6.45, 7) is 8.95. The van der Waals surface area contributed by atoms with Crippen LogP contribution in [0, 0.1) is 5.41 Å². The van der Waals surface area contributed by atoms with Crippen LogP contribution in [0.15, 0.2) is 42.5 Å². The quantitative estimate of drug-likeness (QED) is 0.227. The molecule has 182 valence electrons. The zero-order valence-electron chi connectivity index (χ0n) is 19.8. The van der Waals surface area contributed by atoms with E-state index in [-0.39, 0.29) is 47.5 Å². The Balaban J connectivity index is 0.00000544. The number of rotatable bonds is 12. The molecule has 0 saturated heterocycles. The fourth-order valence-corrected chi connectivity index (χ4v) is 3.48. The highest BCUT2D eigenvalue weighted by atomic mass is 35.5. The fourth-order valence-electron chi connectivity index (χ4n) is 3.48. The van der Waals surface area contributed by atoms with E-state index in [4.69, 9.17) is 20.6 Å². The lowest BCUT2D eigenvalue weighted by Gasteiger charge is -2.31. The summed E-state index contributed by atoms with van der Waals surface area (Å²) in [5.41, 5.74) is 6.40. The van der Waals surface area contributed by atoms with Crippen LogP contribution < -0.4 is 15.2 Å². The van der Waals surface area contributed by atoms with Gasteiger partial charge in [-0.15, -0.1) is 12.4 Å². The number of amidine groups is 1. The lowest BCUT2D eigenvalue weighted by Crippen LogP contribution is -2.42. The minimum atomic E-state index is -0.185. The Morgan fingerprint density at radius 2 is 1.45 bits per heavy atom. The number of carbonyl (C=O) groups excluding carboxylic acids is 1. The number of halogens is 1. The van der Waals surface area contributed by atoms with Crippen molar-refractivity contribution < 1.29 is 19.4 Å². The predicted octanol–water partition coefficient (Wildman–Crippen LogP) is 4.99. The highest BCUT2D eigenvalue weighted by Gasteiger charge is 2.24. The van der Waals surface area contributed by atoms with Crippen LogP contribution in [0.3, 0.4) is 0 Å². The molecule has 0 heterocycles. The molecule has 0 unspecified atom stereocenters. The van der Waals surface area contributed by atoms with Gasteiger partial charge in [-0.3, -0.25) is 10.2 Å². The zero-order valence-corrected chi connectivity index (χ0v) is 20.7. The van der Waals surface area contributed by atoms with E-state index in [1.807, 2.05) is 39.8 Å². The van der Waals surface area contributed by atoms with E-state index in [0.29, 0.717) is 24.5 Å².